The first-order chi connectivity index (χ1) is 12.7. The van der Waals surface area contributed by atoms with E-state index >= 15 is 0 Å². The molecule has 0 saturated heterocycles. The van der Waals surface area contributed by atoms with Gasteiger partial charge in [0.15, 0.2) is 0 Å². The molecule has 0 aromatic heterocycles. The minimum Gasteiger partial charge on any atom is -0.458 e. The third-order valence-electron chi connectivity index (χ3n) is 4.57. The quantitative estimate of drug-likeness (QED) is 0.611. The predicted molar refractivity (Wildman–Crippen MR) is 102 cm³/mol. The second-order valence-corrected chi connectivity index (χ2v) is 6.12. The van der Waals surface area contributed by atoms with Crippen molar-refractivity contribution in [2.24, 2.45) is 0 Å². The number of hydrogen-bond acceptors (Lipinski definition) is 3. The number of methoxy groups -OCH3 is 1. The van der Waals surface area contributed by atoms with Gasteiger partial charge in [-0.05, 0) is 29.2 Å². The van der Waals surface area contributed by atoms with Gasteiger partial charge in [0.2, 0.25) is 5.60 Å². The number of esters is 1. The Hall–Kier alpha value is -2.91. The first kappa shape index (κ1) is 17.9. The number of carbonyl (C=O) groups is 1. The van der Waals surface area contributed by atoms with Crippen LogP contribution in [-0.2, 0) is 26.5 Å². The van der Waals surface area contributed by atoms with Gasteiger partial charge in [0.25, 0.3) is 0 Å². The smallest absolute Gasteiger partial charge is 0.348 e. The molecule has 0 saturated carbocycles. The Labute approximate surface area is 154 Å². The SMILES string of the molecule is COC(C(=O)OCc1ccccc1C)(c1ccccc1)c1ccccc1. The molecular formula is C23H22O3. The van der Waals surface area contributed by atoms with Gasteiger partial charge < -0.3 is 9.47 Å². The fourth-order valence-corrected chi connectivity index (χ4v) is 3.08. The van der Waals surface area contributed by atoms with E-state index in [0.717, 1.165) is 22.3 Å². The summed E-state index contributed by atoms with van der Waals surface area (Å²) in [7, 11) is 1.54. The van der Waals surface area contributed by atoms with Crippen LogP contribution in [0.5, 0.6) is 0 Å². The molecule has 3 rings (SSSR count). The average Bonchev–Trinajstić information content (AvgIpc) is 2.70. The first-order valence-corrected chi connectivity index (χ1v) is 8.56. The van der Waals surface area contributed by atoms with Gasteiger partial charge in [-0.25, -0.2) is 4.79 Å². The second-order valence-electron chi connectivity index (χ2n) is 6.12. The van der Waals surface area contributed by atoms with Gasteiger partial charge in [-0.15, -0.1) is 0 Å². The molecular weight excluding hydrogens is 324 g/mol. The molecule has 0 aliphatic rings. The van der Waals surface area contributed by atoms with E-state index in [1.807, 2.05) is 91.9 Å². The normalized spacial score (nSPS) is 11.2. The molecule has 0 spiro atoms. The fourth-order valence-electron chi connectivity index (χ4n) is 3.08. The molecule has 0 amide bonds. The highest BCUT2D eigenvalue weighted by Gasteiger charge is 2.44. The summed E-state index contributed by atoms with van der Waals surface area (Å²) in [5, 5.41) is 0. The largest absolute Gasteiger partial charge is 0.458 e. The maximum atomic E-state index is 13.2. The van der Waals surface area contributed by atoms with Crippen molar-refractivity contribution in [3.05, 3.63) is 107 Å². The van der Waals surface area contributed by atoms with Crippen molar-refractivity contribution in [2.75, 3.05) is 7.11 Å². The van der Waals surface area contributed by atoms with Gasteiger partial charge in [0.1, 0.15) is 6.61 Å². The van der Waals surface area contributed by atoms with Crippen LogP contribution in [0, 0.1) is 6.92 Å². The van der Waals surface area contributed by atoms with Crippen molar-refractivity contribution < 1.29 is 14.3 Å². The molecule has 3 aromatic carbocycles. The summed E-state index contributed by atoms with van der Waals surface area (Å²) in [4.78, 5) is 13.2. The summed E-state index contributed by atoms with van der Waals surface area (Å²) >= 11 is 0. The number of carbonyl (C=O) groups excluding carboxylic acids is 1. The summed E-state index contributed by atoms with van der Waals surface area (Å²) in [5.41, 5.74) is 2.24. The number of aryl methyl sites for hydroxylation is 1. The topological polar surface area (TPSA) is 35.5 Å². The van der Waals surface area contributed by atoms with Crippen LogP contribution in [0.25, 0.3) is 0 Å². The first-order valence-electron chi connectivity index (χ1n) is 8.56. The molecule has 0 unspecified atom stereocenters. The average molecular weight is 346 g/mol. The zero-order chi connectivity index (χ0) is 18.4. The van der Waals surface area contributed by atoms with E-state index in [-0.39, 0.29) is 6.61 Å². The molecule has 132 valence electrons. The van der Waals surface area contributed by atoms with Crippen LogP contribution >= 0.6 is 0 Å². The molecule has 0 radical (unpaired) electrons. The van der Waals surface area contributed by atoms with Crippen LogP contribution in [0.15, 0.2) is 84.9 Å². The molecule has 0 atom stereocenters. The molecule has 0 bridgehead atoms. The summed E-state index contributed by atoms with van der Waals surface area (Å²) in [6, 6.07) is 26.8. The van der Waals surface area contributed by atoms with E-state index in [9.17, 15) is 4.79 Å². The van der Waals surface area contributed by atoms with Gasteiger partial charge in [0, 0.05) is 7.11 Å². The maximum Gasteiger partial charge on any atom is 0.348 e. The van der Waals surface area contributed by atoms with Crippen LogP contribution in [0.3, 0.4) is 0 Å². The summed E-state index contributed by atoms with van der Waals surface area (Å²) in [5.74, 6) is -0.430. The minimum absolute atomic E-state index is 0.205. The Morgan fingerprint density at radius 1 is 0.808 bits per heavy atom. The molecule has 0 fully saturated rings. The Bertz CT molecular complexity index is 817. The van der Waals surface area contributed by atoms with E-state index in [2.05, 4.69) is 0 Å². The Morgan fingerprint density at radius 3 is 1.81 bits per heavy atom. The van der Waals surface area contributed by atoms with Gasteiger partial charge in [-0.3, -0.25) is 0 Å². The van der Waals surface area contributed by atoms with E-state index in [4.69, 9.17) is 9.47 Å². The summed E-state index contributed by atoms with van der Waals surface area (Å²) in [6.45, 7) is 2.21. The van der Waals surface area contributed by atoms with Crippen molar-refractivity contribution in [1.29, 1.82) is 0 Å². The third kappa shape index (κ3) is 3.39. The number of rotatable bonds is 6. The Balaban J connectivity index is 1.98. The summed E-state index contributed by atoms with van der Waals surface area (Å²) < 4.78 is 11.5. The van der Waals surface area contributed by atoms with E-state index in [0.29, 0.717) is 0 Å². The van der Waals surface area contributed by atoms with E-state index < -0.39 is 11.6 Å². The molecule has 0 N–H and O–H groups in total. The number of hydrogen-bond donors (Lipinski definition) is 0. The van der Waals surface area contributed by atoms with Crippen LogP contribution in [0.4, 0.5) is 0 Å². The zero-order valence-corrected chi connectivity index (χ0v) is 15.0. The molecule has 26 heavy (non-hydrogen) atoms. The lowest BCUT2D eigenvalue weighted by molar-refractivity contribution is -0.166. The van der Waals surface area contributed by atoms with Gasteiger partial charge >= 0.3 is 5.97 Å². The lowest BCUT2D eigenvalue weighted by atomic mass is 9.86. The standard InChI is InChI=1S/C23H22O3/c1-18-11-9-10-12-19(18)17-26-22(24)23(25-2,20-13-5-3-6-14-20)21-15-7-4-8-16-21/h3-16H,17H2,1-2H3. The van der Waals surface area contributed by atoms with Crippen molar-refractivity contribution in [2.45, 2.75) is 19.1 Å². The van der Waals surface area contributed by atoms with Crippen LogP contribution in [-0.4, -0.2) is 13.1 Å². The minimum atomic E-state index is -1.30. The number of benzene rings is 3. The van der Waals surface area contributed by atoms with Crippen molar-refractivity contribution >= 4 is 5.97 Å². The van der Waals surface area contributed by atoms with Crippen LogP contribution in [0.1, 0.15) is 22.3 Å². The number of ether oxygens (including phenoxy) is 2. The fraction of sp³-hybridized carbons (Fsp3) is 0.174. The highest BCUT2D eigenvalue weighted by atomic mass is 16.6. The second kappa shape index (κ2) is 7.98. The maximum absolute atomic E-state index is 13.2. The molecule has 3 aromatic rings. The van der Waals surface area contributed by atoms with Crippen LogP contribution in [0.2, 0.25) is 0 Å². The van der Waals surface area contributed by atoms with Gasteiger partial charge in [-0.2, -0.15) is 0 Å². The molecule has 0 aliphatic carbocycles. The molecule has 0 heterocycles. The highest BCUT2D eigenvalue weighted by molar-refractivity contribution is 5.85. The van der Waals surface area contributed by atoms with Crippen molar-refractivity contribution in [1.82, 2.24) is 0 Å². The van der Waals surface area contributed by atoms with E-state index in [1.165, 1.54) is 7.11 Å². The Morgan fingerprint density at radius 2 is 1.31 bits per heavy atom. The third-order valence-corrected chi connectivity index (χ3v) is 4.57. The lowest BCUT2D eigenvalue weighted by Gasteiger charge is -2.31. The van der Waals surface area contributed by atoms with E-state index in [1.54, 1.807) is 0 Å². The van der Waals surface area contributed by atoms with Crippen LogP contribution < -0.4 is 0 Å². The monoisotopic (exact) mass is 346 g/mol. The van der Waals surface area contributed by atoms with Gasteiger partial charge in [0.05, 0.1) is 0 Å². The highest BCUT2D eigenvalue weighted by Crippen LogP contribution is 2.35. The van der Waals surface area contributed by atoms with Crippen molar-refractivity contribution in [3.63, 3.8) is 0 Å². The molecule has 3 heteroatoms. The molecule has 3 nitrogen and oxygen atoms in total. The summed E-state index contributed by atoms with van der Waals surface area (Å²) in [6.07, 6.45) is 0. The Kier molecular flexibility index (Phi) is 5.49. The van der Waals surface area contributed by atoms with Crippen molar-refractivity contribution in [3.8, 4) is 0 Å². The lowest BCUT2D eigenvalue weighted by Crippen LogP contribution is -2.40. The predicted octanol–water partition coefficient (Wildman–Crippen LogP) is 4.63. The zero-order valence-electron chi connectivity index (χ0n) is 15.0. The van der Waals surface area contributed by atoms with Gasteiger partial charge in [-0.1, -0.05) is 84.9 Å². The molecule has 0 aliphatic heterocycles.